The molecule has 3 N–H and O–H groups in total. The Labute approximate surface area is 309 Å². The molecule has 1 unspecified atom stereocenters. The summed E-state index contributed by atoms with van der Waals surface area (Å²) in [5.41, 5.74) is 1.31. The van der Waals surface area contributed by atoms with Crippen molar-refractivity contribution in [3.05, 3.63) is 102 Å². The maximum atomic E-state index is 13.7. The van der Waals surface area contributed by atoms with Crippen molar-refractivity contribution >= 4 is 35.5 Å². The molecule has 0 bridgehead atoms. The van der Waals surface area contributed by atoms with Crippen LogP contribution in [0.2, 0.25) is 0 Å². The summed E-state index contributed by atoms with van der Waals surface area (Å²) in [5.74, 6) is -3.09. The van der Waals surface area contributed by atoms with Crippen LogP contribution in [0, 0.1) is 0 Å². The highest BCUT2D eigenvalue weighted by atomic mass is 16.6. The average Bonchev–Trinajstić information content (AvgIpc) is 3.61. The van der Waals surface area contributed by atoms with Crippen molar-refractivity contribution in [2.45, 2.75) is 57.0 Å². The monoisotopic (exact) mass is 729 g/mol. The van der Waals surface area contributed by atoms with Crippen LogP contribution in [0.4, 0.5) is 4.79 Å². The number of carbonyl (C=O) groups excluding carboxylic acids is 6. The van der Waals surface area contributed by atoms with E-state index >= 15 is 0 Å². The Balaban J connectivity index is 1.37. The lowest BCUT2D eigenvalue weighted by Gasteiger charge is -2.25. The quantitative estimate of drug-likeness (QED) is 0.132. The van der Waals surface area contributed by atoms with Crippen molar-refractivity contribution in [2.75, 3.05) is 40.4 Å². The van der Waals surface area contributed by atoms with E-state index in [1.165, 1.54) is 9.80 Å². The summed E-state index contributed by atoms with van der Waals surface area (Å²) >= 11 is 0. The molecule has 282 valence electrons. The molecule has 4 atom stereocenters. The highest BCUT2D eigenvalue weighted by Crippen LogP contribution is 2.23. The van der Waals surface area contributed by atoms with Gasteiger partial charge < -0.3 is 35.1 Å². The molecular formula is C39H47N5O9. The van der Waals surface area contributed by atoms with Crippen LogP contribution in [0.3, 0.4) is 0 Å². The van der Waals surface area contributed by atoms with E-state index in [1.807, 2.05) is 48.5 Å². The van der Waals surface area contributed by atoms with Crippen LogP contribution < -0.4 is 20.7 Å². The lowest BCUT2D eigenvalue weighted by atomic mass is 10.0. The largest absolute Gasteiger partial charge is 0.491 e. The number of benzene rings is 3. The normalized spacial score (nSPS) is 16.1. The average molecular weight is 730 g/mol. The van der Waals surface area contributed by atoms with E-state index < -0.39 is 60.4 Å². The van der Waals surface area contributed by atoms with Gasteiger partial charge in [0.2, 0.25) is 23.5 Å². The minimum absolute atomic E-state index is 0.0129. The second-order valence-electron chi connectivity index (χ2n) is 12.6. The highest BCUT2D eigenvalue weighted by molar-refractivity contribution is 6.38. The molecule has 3 aromatic carbocycles. The third kappa shape index (κ3) is 12.2. The number of carbonyl (C=O) groups is 6. The van der Waals surface area contributed by atoms with Gasteiger partial charge in [0, 0.05) is 20.5 Å². The van der Waals surface area contributed by atoms with Crippen LogP contribution in [0.1, 0.15) is 43.4 Å². The number of nitrogens with zero attached hydrogens (tertiary/aromatic N) is 2. The van der Waals surface area contributed by atoms with Gasteiger partial charge in [-0.25, -0.2) is 4.79 Å². The van der Waals surface area contributed by atoms with Crippen LogP contribution in [-0.4, -0.2) is 104 Å². The fourth-order valence-electron chi connectivity index (χ4n) is 5.70. The Morgan fingerprint density at radius 1 is 0.849 bits per heavy atom. The molecule has 1 aliphatic rings. The van der Waals surface area contributed by atoms with Crippen molar-refractivity contribution in [1.29, 1.82) is 0 Å². The van der Waals surface area contributed by atoms with Crippen LogP contribution in [0.15, 0.2) is 91.0 Å². The molecule has 14 heteroatoms. The first-order chi connectivity index (χ1) is 25.6. The molecule has 3 aromatic rings. The van der Waals surface area contributed by atoms with Crippen molar-refractivity contribution in [1.82, 2.24) is 25.8 Å². The van der Waals surface area contributed by atoms with E-state index in [2.05, 4.69) is 16.0 Å². The number of nitrogens with one attached hydrogen (secondary N) is 3. The fourth-order valence-corrected chi connectivity index (χ4v) is 5.70. The Morgan fingerprint density at radius 3 is 2.13 bits per heavy atom. The molecule has 0 radical (unpaired) electrons. The molecule has 14 nitrogen and oxygen atoms in total. The van der Waals surface area contributed by atoms with Gasteiger partial charge in [0.1, 0.15) is 31.0 Å². The van der Waals surface area contributed by atoms with Gasteiger partial charge in [-0.05, 0) is 29.7 Å². The van der Waals surface area contributed by atoms with Gasteiger partial charge in [-0.1, -0.05) is 92.2 Å². The lowest BCUT2D eigenvalue weighted by molar-refractivity contribution is -0.141. The van der Waals surface area contributed by atoms with Gasteiger partial charge in [-0.3, -0.25) is 28.9 Å². The van der Waals surface area contributed by atoms with E-state index in [4.69, 9.17) is 14.2 Å². The molecule has 1 heterocycles. The van der Waals surface area contributed by atoms with Gasteiger partial charge in [0.25, 0.3) is 5.91 Å². The van der Waals surface area contributed by atoms with Gasteiger partial charge >= 0.3 is 6.09 Å². The molecule has 0 aromatic heterocycles. The third-order valence-electron chi connectivity index (χ3n) is 8.42. The number of likely N-dealkylation sites (tertiary alicyclic amines) is 1. The van der Waals surface area contributed by atoms with Crippen LogP contribution in [0.25, 0.3) is 0 Å². The third-order valence-corrected chi connectivity index (χ3v) is 8.42. The summed E-state index contributed by atoms with van der Waals surface area (Å²) in [5, 5.41) is 7.55. The highest BCUT2D eigenvalue weighted by Gasteiger charge is 2.42. The fraction of sp³-hybridized carbons (Fsp3) is 0.385. The topological polar surface area (TPSA) is 173 Å². The molecule has 1 aliphatic heterocycles. The van der Waals surface area contributed by atoms with Crippen molar-refractivity contribution in [2.24, 2.45) is 0 Å². The molecule has 53 heavy (non-hydrogen) atoms. The zero-order valence-corrected chi connectivity index (χ0v) is 30.2. The summed E-state index contributed by atoms with van der Waals surface area (Å²) in [6.07, 6.45) is -0.582. The summed E-state index contributed by atoms with van der Waals surface area (Å²) in [6.45, 7) is 1.68. The number of rotatable bonds is 18. The lowest BCUT2D eigenvalue weighted by Crippen LogP contribution is -2.54. The predicted molar refractivity (Wildman–Crippen MR) is 194 cm³/mol. The summed E-state index contributed by atoms with van der Waals surface area (Å²) < 4.78 is 17.2. The SMILES string of the molecule is CCCC(NC(=O)[C@@H]1C[C@@H](OCCOc2ccccc2)CN1C(=O)OCc1ccccc1)C(=O)C(=O)NCC(=O)N[C@H](C(=O)N(C)C)c1ccccc1. The maximum Gasteiger partial charge on any atom is 0.410 e. The Bertz CT molecular complexity index is 1670. The predicted octanol–water partition coefficient (Wildman–Crippen LogP) is 2.78. The number of hydrogen-bond acceptors (Lipinski definition) is 9. The van der Waals surface area contributed by atoms with Gasteiger partial charge in [0.15, 0.2) is 0 Å². The minimum Gasteiger partial charge on any atom is -0.491 e. The number of ether oxygens (including phenoxy) is 3. The van der Waals surface area contributed by atoms with Gasteiger partial charge in [-0.15, -0.1) is 0 Å². The van der Waals surface area contributed by atoms with E-state index in [-0.39, 0.29) is 45.1 Å². The number of hydrogen-bond donors (Lipinski definition) is 3. The zero-order valence-electron chi connectivity index (χ0n) is 30.2. The zero-order chi connectivity index (χ0) is 38.2. The van der Waals surface area contributed by atoms with Gasteiger partial charge in [-0.2, -0.15) is 0 Å². The number of Topliss-reactive ketones (excluding diaryl/α,β-unsaturated/α-hetero) is 1. The van der Waals surface area contributed by atoms with E-state index in [0.29, 0.717) is 17.7 Å². The Morgan fingerprint density at radius 2 is 1.49 bits per heavy atom. The number of ketones is 1. The first-order valence-electron chi connectivity index (χ1n) is 17.5. The molecule has 1 saturated heterocycles. The molecular weight excluding hydrogens is 682 g/mol. The standard InChI is InChI=1S/C39H47N5O9/c1-4-14-31(35(46)37(48)40-24-33(45)42-34(38(49)43(2)3)28-17-10-6-11-18-28)41-36(47)32-23-30(52-22-21-51-29-19-12-7-13-20-29)25-44(32)39(50)53-26-27-15-8-5-9-16-27/h5-13,15-20,30-32,34H,4,14,21-26H2,1-3H3,(H,40,48)(H,41,47)(H,42,45)/t30-,31?,32+,34+/m1/s1. The van der Waals surface area contributed by atoms with Crippen molar-refractivity contribution < 1.29 is 43.0 Å². The molecule has 1 fully saturated rings. The van der Waals surface area contributed by atoms with Crippen LogP contribution in [-0.2, 0) is 40.1 Å². The van der Waals surface area contributed by atoms with Crippen molar-refractivity contribution in [3.63, 3.8) is 0 Å². The maximum absolute atomic E-state index is 13.7. The Hall–Kier alpha value is -5.76. The number of para-hydroxylation sites is 1. The molecule has 0 spiro atoms. The molecule has 0 saturated carbocycles. The summed E-state index contributed by atoms with van der Waals surface area (Å²) in [6, 6.07) is 23.6. The number of likely N-dealkylation sites (N-methyl/N-ethyl adjacent to an activating group) is 1. The second kappa shape index (κ2) is 20.3. The molecule has 4 rings (SSSR count). The van der Waals surface area contributed by atoms with Gasteiger partial charge in [0.05, 0.1) is 31.8 Å². The van der Waals surface area contributed by atoms with Crippen LogP contribution >= 0.6 is 0 Å². The summed E-state index contributed by atoms with van der Waals surface area (Å²) in [4.78, 5) is 81.5. The first kappa shape index (κ1) is 40.0. The molecule has 0 aliphatic carbocycles. The smallest absolute Gasteiger partial charge is 0.410 e. The van der Waals surface area contributed by atoms with E-state index in [1.54, 1.807) is 63.5 Å². The second-order valence-corrected chi connectivity index (χ2v) is 12.6. The number of amides is 5. The minimum atomic E-state index is -1.23. The van der Waals surface area contributed by atoms with Crippen LogP contribution in [0.5, 0.6) is 5.75 Å². The molecule has 5 amide bonds. The summed E-state index contributed by atoms with van der Waals surface area (Å²) in [7, 11) is 3.11. The van der Waals surface area contributed by atoms with Crippen molar-refractivity contribution in [3.8, 4) is 5.75 Å². The Kier molecular flexibility index (Phi) is 15.3. The van der Waals surface area contributed by atoms with E-state index in [0.717, 1.165) is 5.56 Å². The first-order valence-corrected chi connectivity index (χ1v) is 17.5. The van der Waals surface area contributed by atoms with E-state index in [9.17, 15) is 28.8 Å².